The average Bonchev–Trinajstić information content (AvgIpc) is 4.03. The minimum atomic E-state index is -0.470. The Kier molecular flexibility index (Phi) is 7.35. The van der Waals surface area contributed by atoms with E-state index >= 15 is 0 Å². The second-order valence-electron chi connectivity index (χ2n) is 18.3. The smallest absolute Gasteiger partial charge is 0.164 e. The molecule has 2 heterocycles. The van der Waals surface area contributed by atoms with Crippen LogP contribution in [0.1, 0.15) is 47.2 Å². The van der Waals surface area contributed by atoms with Crippen LogP contribution in [0.25, 0.3) is 95.0 Å². The molecule has 4 heteroatoms. The third kappa shape index (κ3) is 4.88. The largest absolute Gasteiger partial charge is 0.309 e. The molecule has 304 valence electrons. The van der Waals surface area contributed by atoms with Crippen LogP contribution in [0.5, 0.6) is 0 Å². The molecule has 0 fully saturated rings. The summed E-state index contributed by atoms with van der Waals surface area (Å²) in [6, 6.07) is 75.2. The average molecular weight is 829 g/mol. The maximum absolute atomic E-state index is 5.38. The molecule has 4 nitrogen and oxygen atoms in total. The summed E-state index contributed by atoms with van der Waals surface area (Å²) in [7, 11) is 0. The fourth-order valence-corrected chi connectivity index (χ4v) is 11.8. The van der Waals surface area contributed by atoms with E-state index in [0.29, 0.717) is 17.5 Å². The van der Waals surface area contributed by atoms with Gasteiger partial charge in [-0.05, 0) is 103 Å². The molecule has 0 amide bonds. The highest BCUT2D eigenvalue weighted by atomic mass is 15.0. The summed E-state index contributed by atoms with van der Waals surface area (Å²) in [6.07, 6.45) is 0. The molecule has 14 rings (SSSR count). The quantitative estimate of drug-likeness (QED) is 0.177. The molecule has 0 atom stereocenters. The Bertz CT molecular complexity index is 3750. The van der Waals surface area contributed by atoms with Crippen molar-refractivity contribution in [2.75, 3.05) is 0 Å². The number of rotatable bonds is 4. The van der Waals surface area contributed by atoms with Crippen molar-refractivity contribution in [2.24, 2.45) is 0 Å². The van der Waals surface area contributed by atoms with Crippen molar-refractivity contribution < 1.29 is 0 Å². The first-order valence-corrected chi connectivity index (χ1v) is 22.5. The second-order valence-corrected chi connectivity index (χ2v) is 18.3. The van der Waals surface area contributed by atoms with Crippen LogP contribution in [-0.4, -0.2) is 19.5 Å². The van der Waals surface area contributed by atoms with Crippen LogP contribution in [-0.2, 0) is 10.8 Å². The Hall–Kier alpha value is -8.21. The maximum atomic E-state index is 5.38. The molecule has 0 radical (unpaired) electrons. The molecule has 65 heavy (non-hydrogen) atoms. The highest BCUT2D eigenvalue weighted by molar-refractivity contribution is 6.11. The third-order valence-electron chi connectivity index (χ3n) is 14.7. The van der Waals surface area contributed by atoms with Gasteiger partial charge in [-0.1, -0.05) is 184 Å². The molecule has 2 aromatic heterocycles. The van der Waals surface area contributed by atoms with Crippen molar-refractivity contribution in [3.8, 4) is 73.2 Å². The lowest BCUT2D eigenvalue weighted by molar-refractivity contribution is 0.661. The van der Waals surface area contributed by atoms with Crippen molar-refractivity contribution >= 4 is 21.8 Å². The number of fused-ring (bicyclic) bond motifs is 16. The van der Waals surface area contributed by atoms with E-state index in [4.69, 9.17) is 15.0 Å². The molecule has 3 aliphatic rings. The van der Waals surface area contributed by atoms with E-state index in [9.17, 15) is 0 Å². The van der Waals surface area contributed by atoms with Gasteiger partial charge in [0.25, 0.3) is 0 Å². The third-order valence-corrected chi connectivity index (χ3v) is 14.7. The van der Waals surface area contributed by atoms with Crippen LogP contribution in [0.15, 0.2) is 206 Å². The van der Waals surface area contributed by atoms with Crippen molar-refractivity contribution in [3.05, 3.63) is 240 Å². The standard InChI is InChI=1S/C61H40N4/c1-60(2)49-26-11-6-24-44(49)47-35-48-46-25-10-15-30-55(46)65(56(48)36-53(47)60)40-20-16-19-38(33-40)58-62-57(37-17-4-3-5-18-37)63-59(64-58)39-31-32-45-43-23-9-14-29-52(43)61(54(45)34-39)50-27-12-7-21-41(50)42-22-8-13-28-51(42)61/h3-36H,1-2H3. The number of hydrogen-bond donors (Lipinski definition) is 0. The van der Waals surface area contributed by atoms with E-state index in [1.165, 1.54) is 88.6 Å². The SMILES string of the molecule is CC1(C)c2ccccc2-c2cc3c4ccccc4n(-c4cccc(-c5nc(-c6ccccc6)nc(-c6ccc7c(c6)C6(c8ccccc8-c8ccccc86)c6ccccc6-7)n5)c4)c3cc21. The molecule has 0 aliphatic heterocycles. The van der Waals surface area contributed by atoms with Gasteiger partial charge < -0.3 is 4.57 Å². The molecule has 0 bridgehead atoms. The first-order chi connectivity index (χ1) is 32.0. The Morgan fingerprint density at radius 2 is 0.831 bits per heavy atom. The van der Waals surface area contributed by atoms with E-state index in [1.807, 2.05) is 18.2 Å². The van der Waals surface area contributed by atoms with E-state index in [1.54, 1.807) is 0 Å². The Morgan fingerprint density at radius 1 is 0.323 bits per heavy atom. The molecule has 0 saturated carbocycles. The fourth-order valence-electron chi connectivity index (χ4n) is 11.8. The van der Waals surface area contributed by atoms with Crippen LogP contribution in [0.3, 0.4) is 0 Å². The van der Waals surface area contributed by atoms with E-state index < -0.39 is 5.41 Å². The molecule has 0 unspecified atom stereocenters. The number of nitrogens with zero attached hydrogens (tertiary/aromatic N) is 4. The summed E-state index contributed by atoms with van der Waals surface area (Å²) in [5.41, 5.74) is 21.3. The molecule has 9 aromatic carbocycles. The first kappa shape index (κ1) is 36.3. The van der Waals surface area contributed by atoms with Gasteiger partial charge in [0.15, 0.2) is 17.5 Å². The highest BCUT2D eigenvalue weighted by Crippen LogP contribution is 2.63. The van der Waals surface area contributed by atoms with Gasteiger partial charge in [0.2, 0.25) is 0 Å². The molecule has 11 aromatic rings. The van der Waals surface area contributed by atoms with E-state index in [2.05, 4.69) is 206 Å². The van der Waals surface area contributed by atoms with Gasteiger partial charge in [-0.25, -0.2) is 15.0 Å². The predicted molar refractivity (Wildman–Crippen MR) is 264 cm³/mol. The van der Waals surface area contributed by atoms with Gasteiger partial charge >= 0.3 is 0 Å². The Balaban J connectivity index is 0.964. The second kappa shape index (κ2) is 13.2. The first-order valence-electron chi connectivity index (χ1n) is 22.5. The van der Waals surface area contributed by atoms with Gasteiger partial charge in [0, 0.05) is 38.6 Å². The number of para-hydroxylation sites is 1. The molecule has 3 aliphatic carbocycles. The van der Waals surface area contributed by atoms with Crippen LogP contribution < -0.4 is 0 Å². The summed E-state index contributed by atoms with van der Waals surface area (Å²) >= 11 is 0. The van der Waals surface area contributed by atoms with Gasteiger partial charge in [-0.15, -0.1) is 0 Å². The summed E-state index contributed by atoms with van der Waals surface area (Å²) in [4.78, 5) is 15.9. The van der Waals surface area contributed by atoms with E-state index in [-0.39, 0.29) is 5.41 Å². The van der Waals surface area contributed by atoms with Crippen LogP contribution in [0.4, 0.5) is 0 Å². The van der Waals surface area contributed by atoms with Gasteiger partial charge in [-0.2, -0.15) is 0 Å². The van der Waals surface area contributed by atoms with E-state index in [0.717, 1.165) is 22.4 Å². The molecule has 0 N–H and O–H groups in total. The Labute approximate surface area is 377 Å². The van der Waals surface area contributed by atoms with Crippen molar-refractivity contribution in [1.29, 1.82) is 0 Å². The molecular weight excluding hydrogens is 789 g/mol. The molecular formula is C61H40N4. The molecule has 1 spiro atoms. The summed E-state index contributed by atoms with van der Waals surface area (Å²) < 4.78 is 2.42. The topological polar surface area (TPSA) is 43.6 Å². The Morgan fingerprint density at radius 3 is 1.49 bits per heavy atom. The minimum Gasteiger partial charge on any atom is -0.309 e. The lowest BCUT2D eigenvalue weighted by Gasteiger charge is -2.30. The summed E-state index contributed by atoms with van der Waals surface area (Å²) in [5, 5.41) is 2.48. The van der Waals surface area contributed by atoms with Crippen molar-refractivity contribution in [2.45, 2.75) is 24.7 Å². The zero-order valence-electron chi connectivity index (χ0n) is 35.9. The lowest BCUT2D eigenvalue weighted by atomic mass is 9.70. The number of hydrogen-bond acceptors (Lipinski definition) is 3. The number of benzene rings is 9. The lowest BCUT2D eigenvalue weighted by Crippen LogP contribution is -2.25. The van der Waals surface area contributed by atoms with Crippen molar-refractivity contribution in [1.82, 2.24) is 19.5 Å². The number of aromatic nitrogens is 4. The van der Waals surface area contributed by atoms with Crippen LogP contribution in [0, 0.1) is 0 Å². The van der Waals surface area contributed by atoms with Gasteiger partial charge in [-0.3, -0.25) is 0 Å². The summed E-state index contributed by atoms with van der Waals surface area (Å²) in [5.74, 6) is 1.91. The fraction of sp³-hybridized carbons (Fsp3) is 0.0656. The zero-order valence-corrected chi connectivity index (χ0v) is 35.9. The van der Waals surface area contributed by atoms with Crippen LogP contribution >= 0.6 is 0 Å². The monoisotopic (exact) mass is 828 g/mol. The molecule has 0 saturated heterocycles. The van der Waals surface area contributed by atoms with Gasteiger partial charge in [0.1, 0.15) is 0 Å². The normalized spacial score (nSPS) is 14.2. The van der Waals surface area contributed by atoms with Gasteiger partial charge in [0.05, 0.1) is 16.4 Å². The maximum Gasteiger partial charge on any atom is 0.164 e. The predicted octanol–water partition coefficient (Wildman–Crippen LogP) is 14.6. The summed E-state index contributed by atoms with van der Waals surface area (Å²) in [6.45, 7) is 4.70. The van der Waals surface area contributed by atoms with Crippen molar-refractivity contribution in [3.63, 3.8) is 0 Å². The highest BCUT2D eigenvalue weighted by Gasteiger charge is 2.51. The van der Waals surface area contributed by atoms with Crippen LogP contribution in [0.2, 0.25) is 0 Å². The minimum absolute atomic E-state index is 0.122. The zero-order chi connectivity index (χ0) is 43.0.